The molecule has 0 bridgehead atoms. The van der Waals surface area contributed by atoms with Crippen LogP contribution < -0.4 is 10.6 Å². The van der Waals surface area contributed by atoms with Gasteiger partial charge in [-0.25, -0.2) is 9.78 Å². The van der Waals surface area contributed by atoms with Crippen LogP contribution in [-0.2, 0) is 24.2 Å². The summed E-state index contributed by atoms with van der Waals surface area (Å²) < 4.78 is 11.1. The highest BCUT2D eigenvalue weighted by Crippen LogP contribution is 2.26. The molecule has 6 nitrogen and oxygen atoms in total. The number of aromatic nitrogens is 1. The summed E-state index contributed by atoms with van der Waals surface area (Å²) in [6.07, 6.45) is 1.45. The van der Waals surface area contributed by atoms with Gasteiger partial charge in [-0.2, -0.15) is 0 Å². The molecule has 2 amide bonds. The Morgan fingerprint density at radius 2 is 2.25 bits per heavy atom. The molecule has 0 unspecified atom stereocenters. The van der Waals surface area contributed by atoms with E-state index < -0.39 is 0 Å². The number of para-hydroxylation sites is 1. The molecule has 0 saturated carbocycles. The highest BCUT2D eigenvalue weighted by molar-refractivity contribution is 7.15. The maximum atomic E-state index is 12.0. The van der Waals surface area contributed by atoms with Gasteiger partial charge in [0.2, 0.25) is 0 Å². The summed E-state index contributed by atoms with van der Waals surface area (Å²) in [5.41, 5.74) is 1.90. The van der Waals surface area contributed by atoms with Crippen molar-refractivity contribution < 1.29 is 13.9 Å². The molecule has 3 aromatic rings. The highest BCUT2D eigenvalue weighted by Gasteiger charge is 2.16. The Labute approximate surface area is 142 Å². The Morgan fingerprint density at radius 1 is 1.33 bits per heavy atom. The van der Waals surface area contributed by atoms with E-state index in [1.807, 2.05) is 30.3 Å². The van der Waals surface area contributed by atoms with Gasteiger partial charge in [0.15, 0.2) is 5.13 Å². The van der Waals surface area contributed by atoms with Gasteiger partial charge in [-0.3, -0.25) is 5.32 Å². The lowest BCUT2D eigenvalue weighted by Crippen LogP contribution is -2.30. The number of amides is 2. The van der Waals surface area contributed by atoms with Crippen molar-refractivity contribution in [1.82, 2.24) is 10.3 Å². The molecule has 0 fully saturated rings. The minimum atomic E-state index is -0.252. The number of carbonyl (C=O) groups excluding carboxylic acids is 1. The predicted molar refractivity (Wildman–Crippen MR) is 92.4 cm³/mol. The van der Waals surface area contributed by atoms with E-state index in [0.717, 1.165) is 33.7 Å². The van der Waals surface area contributed by atoms with Crippen LogP contribution in [0.3, 0.4) is 0 Å². The van der Waals surface area contributed by atoms with E-state index in [9.17, 15) is 4.79 Å². The molecule has 1 aliphatic rings. The summed E-state index contributed by atoms with van der Waals surface area (Å²) in [4.78, 5) is 17.5. The molecule has 4 rings (SSSR count). The predicted octanol–water partition coefficient (Wildman–Crippen LogP) is 3.33. The topological polar surface area (TPSA) is 76.4 Å². The third-order valence-electron chi connectivity index (χ3n) is 3.85. The van der Waals surface area contributed by atoms with Crippen molar-refractivity contribution in [3.63, 3.8) is 0 Å². The first-order valence-electron chi connectivity index (χ1n) is 7.86. The second-order valence-corrected chi connectivity index (χ2v) is 6.66. The maximum absolute atomic E-state index is 12.0. The first-order chi connectivity index (χ1) is 11.8. The third kappa shape index (κ3) is 3.27. The number of hydrogen-bond acceptors (Lipinski definition) is 5. The summed E-state index contributed by atoms with van der Waals surface area (Å²) in [5, 5.41) is 7.31. The number of fused-ring (bicyclic) bond motifs is 2. The summed E-state index contributed by atoms with van der Waals surface area (Å²) >= 11 is 1.47. The third-order valence-corrected chi connectivity index (χ3v) is 4.84. The van der Waals surface area contributed by atoms with E-state index in [1.54, 1.807) is 0 Å². The number of nitrogens with one attached hydrogen (secondary N) is 2. The van der Waals surface area contributed by atoms with Crippen LogP contribution in [0.2, 0.25) is 0 Å². The largest absolute Gasteiger partial charge is 0.461 e. The monoisotopic (exact) mass is 343 g/mol. The van der Waals surface area contributed by atoms with E-state index >= 15 is 0 Å². The van der Waals surface area contributed by atoms with Gasteiger partial charge in [-0.05, 0) is 12.1 Å². The summed E-state index contributed by atoms with van der Waals surface area (Å²) in [6, 6.07) is 9.62. The number of hydrogen-bond donors (Lipinski definition) is 2. The fraction of sp³-hybridized carbons (Fsp3) is 0.294. The van der Waals surface area contributed by atoms with Crippen molar-refractivity contribution in [3.05, 3.63) is 46.7 Å². The Morgan fingerprint density at radius 3 is 3.12 bits per heavy atom. The molecule has 24 heavy (non-hydrogen) atoms. The van der Waals surface area contributed by atoms with E-state index in [0.29, 0.717) is 31.3 Å². The zero-order valence-corrected chi connectivity index (χ0v) is 13.8. The van der Waals surface area contributed by atoms with Crippen LogP contribution in [0.25, 0.3) is 11.0 Å². The van der Waals surface area contributed by atoms with E-state index in [1.165, 1.54) is 11.3 Å². The lowest BCUT2D eigenvalue weighted by atomic mass is 10.2. The van der Waals surface area contributed by atoms with Crippen LogP contribution in [-0.4, -0.2) is 24.2 Å². The minimum absolute atomic E-state index is 0.252. The molecule has 3 heterocycles. The van der Waals surface area contributed by atoms with E-state index in [2.05, 4.69) is 15.6 Å². The van der Waals surface area contributed by atoms with Gasteiger partial charge < -0.3 is 14.5 Å². The highest BCUT2D eigenvalue weighted by atomic mass is 32.1. The molecule has 1 aromatic carbocycles. The number of nitrogens with zero attached hydrogens (tertiary/aromatic N) is 1. The van der Waals surface area contributed by atoms with Crippen LogP contribution in [0.15, 0.2) is 34.7 Å². The van der Waals surface area contributed by atoms with Crippen LogP contribution in [0.1, 0.15) is 16.3 Å². The molecule has 0 spiro atoms. The van der Waals surface area contributed by atoms with Crippen LogP contribution >= 0.6 is 11.3 Å². The number of carbonyl (C=O) groups is 1. The average molecular weight is 343 g/mol. The van der Waals surface area contributed by atoms with Crippen LogP contribution in [0.4, 0.5) is 9.93 Å². The molecule has 0 atom stereocenters. The van der Waals surface area contributed by atoms with Gasteiger partial charge in [0, 0.05) is 24.8 Å². The summed E-state index contributed by atoms with van der Waals surface area (Å²) in [6.45, 7) is 1.78. The number of rotatable bonds is 4. The Balaban J connectivity index is 1.29. The van der Waals surface area contributed by atoms with E-state index in [4.69, 9.17) is 9.15 Å². The zero-order chi connectivity index (χ0) is 16.4. The number of furan rings is 1. The second kappa shape index (κ2) is 6.62. The molecule has 2 N–H and O–H groups in total. The van der Waals surface area contributed by atoms with Crippen molar-refractivity contribution in [2.75, 3.05) is 18.5 Å². The second-order valence-electron chi connectivity index (χ2n) is 5.57. The Bertz CT molecular complexity index is 814. The molecule has 1 aliphatic heterocycles. The van der Waals surface area contributed by atoms with Gasteiger partial charge in [0.1, 0.15) is 11.3 Å². The smallest absolute Gasteiger partial charge is 0.321 e. The van der Waals surface area contributed by atoms with Gasteiger partial charge in [-0.15, -0.1) is 0 Å². The molecular weight excluding hydrogens is 326 g/mol. The molecule has 0 saturated heterocycles. The Hall–Kier alpha value is -2.38. The van der Waals surface area contributed by atoms with E-state index in [-0.39, 0.29) is 6.03 Å². The number of thiazole rings is 1. The molecule has 2 aromatic heterocycles. The first kappa shape index (κ1) is 15.2. The van der Waals surface area contributed by atoms with Gasteiger partial charge in [0.05, 0.1) is 23.8 Å². The average Bonchev–Trinajstić information content (AvgIpc) is 3.17. The van der Waals surface area contributed by atoms with Crippen molar-refractivity contribution in [3.8, 4) is 0 Å². The maximum Gasteiger partial charge on any atom is 0.321 e. The van der Waals surface area contributed by atoms with Crippen molar-refractivity contribution >= 4 is 33.5 Å². The minimum Gasteiger partial charge on any atom is -0.461 e. The number of urea groups is 1. The van der Waals surface area contributed by atoms with Crippen molar-refractivity contribution in [2.45, 2.75) is 19.4 Å². The normalized spacial score (nSPS) is 13.7. The molecule has 0 aliphatic carbocycles. The zero-order valence-electron chi connectivity index (χ0n) is 13.0. The molecule has 124 valence electrons. The first-order valence-corrected chi connectivity index (χ1v) is 8.68. The molecular formula is C17H17N3O3S. The van der Waals surface area contributed by atoms with Gasteiger partial charge in [-0.1, -0.05) is 29.5 Å². The van der Waals surface area contributed by atoms with Gasteiger partial charge in [0.25, 0.3) is 0 Å². The fourth-order valence-corrected chi connectivity index (χ4v) is 3.62. The summed E-state index contributed by atoms with van der Waals surface area (Å²) in [5.74, 6) is 0.860. The number of ether oxygens (including phenoxy) is 1. The summed E-state index contributed by atoms with van der Waals surface area (Å²) in [7, 11) is 0. The lowest BCUT2D eigenvalue weighted by molar-refractivity contribution is 0.112. The SMILES string of the molecule is O=C(NCCc1cc2ccccc2o1)Nc1nc2c(s1)COCC2. The van der Waals surface area contributed by atoms with Crippen molar-refractivity contribution in [1.29, 1.82) is 0 Å². The quantitative estimate of drug-likeness (QED) is 0.762. The number of benzene rings is 1. The standard InChI is InChI=1S/C17H17N3O3S/c21-16(20-17-19-13-6-8-22-10-15(13)24-17)18-7-5-12-9-11-3-1-2-4-14(11)23-12/h1-4,9H,5-8,10H2,(H2,18,19,20,21). The van der Waals surface area contributed by atoms with Crippen molar-refractivity contribution in [2.24, 2.45) is 0 Å². The number of anilines is 1. The Kier molecular flexibility index (Phi) is 4.18. The fourth-order valence-electron chi connectivity index (χ4n) is 2.68. The van der Waals surface area contributed by atoms with Crippen LogP contribution in [0.5, 0.6) is 0 Å². The molecule has 7 heteroatoms. The van der Waals surface area contributed by atoms with Gasteiger partial charge >= 0.3 is 6.03 Å². The molecule has 0 radical (unpaired) electrons. The lowest BCUT2D eigenvalue weighted by Gasteiger charge is -2.08. The van der Waals surface area contributed by atoms with Crippen LogP contribution in [0, 0.1) is 0 Å².